The number of amides is 2. The number of benzene rings is 3. The van der Waals surface area contributed by atoms with E-state index in [1.165, 1.54) is 19.1 Å². The van der Waals surface area contributed by atoms with Crippen LogP contribution in [0, 0.1) is 5.82 Å². The van der Waals surface area contributed by atoms with Gasteiger partial charge in [-0.25, -0.2) is 4.39 Å². The van der Waals surface area contributed by atoms with Gasteiger partial charge in [-0.3, -0.25) is 9.59 Å². The smallest absolute Gasteiger partial charge is 0.228 e. The van der Waals surface area contributed by atoms with Gasteiger partial charge in [0.2, 0.25) is 11.8 Å². The summed E-state index contributed by atoms with van der Waals surface area (Å²) >= 11 is 0. The highest BCUT2D eigenvalue weighted by molar-refractivity contribution is 5.96. The van der Waals surface area contributed by atoms with Crippen molar-refractivity contribution in [3.8, 4) is 0 Å². The lowest BCUT2D eigenvalue weighted by Gasteiger charge is -2.07. The van der Waals surface area contributed by atoms with Crippen LogP contribution in [0.5, 0.6) is 0 Å². The minimum Gasteiger partial charge on any atom is -0.343 e. The van der Waals surface area contributed by atoms with E-state index in [-0.39, 0.29) is 24.1 Å². The van der Waals surface area contributed by atoms with Gasteiger partial charge in [0.15, 0.2) is 0 Å². The predicted molar refractivity (Wildman–Crippen MR) is 121 cm³/mol. The summed E-state index contributed by atoms with van der Waals surface area (Å²) < 4.78 is 15.3. The predicted octanol–water partition coefficient (Wildman–Crippen LogP) is 4.97. The molecule has 0 atom stereocenters. The zero-order valence-electron chi connectivity index (χ0n) is 17.1. The molecule has 4 rings (SSSR count). The number of fused-ring (bicyclic) bond motifs is 1. The summed E-state index contributed by atoms with van der Waals surface area (Å²) in [5, 5.41) is 6.61. The van der Waals surface area contributed by atoms with Crippen LogP contribution >= 0.6 is 0 Å². The van der Waals surface area contributed by atoms with Crippen molar-refractivity contribution in [3.63, 3.8) is 0 Å². The monoisotopic (exact) mass is 415 g/mol. The number of rotatable bonds is 6. The summed E-state index contributed by atoms with van der Waals surface area (Å²) in [5.74, 6) is -0.533. The third-order valence-corrected chi connectivity index (χ3v) is 4.98. The van der Waals surface area contributed by atoms with Gasteiger partial charge < -0.3 is 15.2 Å². The molecule has 6 heteroatoms. The molecule has 3 aromatic carbocycles. The van der Waals surface area contributed by atoms with E-state index < -0.39 is 0 Å². The van der Waals surface area contributed by atoms with Gasteiger partial charge in [-0.05, 0) is 53.6 Å². The summed E-state index contributed by atoms with van der Waals surface area (Å²) in [7, 11) is 0. The lowest BCUT2D eigenvalue weighted by atomic mass is 10.1. The molecule has 0 aliphatic carbocycles. The van der Waals surface area contributed by atoms with Crippen molar-refractivity contribution in [3.05, 3.63) is 95.9 Å². The number of halogens is 1. The number of hydrogen-bond donors (Lipinski definition) is 2. The fraction of sp³-hybridized carbons (Fsp3) is 0.120. The van der Waals surface area contributed by atoms with Crippen LogP contribution in [0.3, 0.4) is 0 Å². The van der Waals surface area contributed by atoms with E-state index in [1.807, 2.05) is 30.5 Å². The molecule has 1 heterocycles. The molecule has 31 heavy (non-hydrogen) atoms. The highest BCUT2D eigenvalue weighted by Gasteiger charge is 2.12. The summed E-state index contributed by atoms with van der Waals surface area (Å²) in [4.78, 5) is 23.8. The van der Waals surface area contributed by atoms with Gasteiger partial charge in [-0.15, -0.1) is 0 Å². The number of nitrogens with one attached hydrogen (secondary N) is 2. The Morgan fingerprint density at radius 1 is 0.871 bits per heavy atom. The van der Waals surface area contributed by atoms with E-state index in [9.17, 15) is 14.0 Å². The molecule has 4 aromatic rings. The molecule has 0 bridgehead atoms. The number of carbonyl (C=O) groups is 2. The summed E-state index contributed by atoms with van der Waals surface area (Å²) in [6.07, 6.45) is 2.21. The maximum atomic E-state index is 13.2. The Kier molecular flexibility index (Phi) is 5.80. The number of aromatic nitrogens is 1. The second-order valence-corrected chi connectivity index (χ2v) is 7.41. The molecule has 1 aromatic heterocycles. The van der Waals surface area contributed by atoms with Crippen LogP contribution in [-0.4, -0.2) is 16.4 Å². The topological polar surface area (TPSA) is 63.1 Å². The summed E-state index contributed by atoms with van der Waals surface area (Å²) in [5.41, 5.74) is 4.26. The van der Waals surface area contributed by atoms with Crippen LogP contribution in [-0.2, 0) is 22.6 Å². The lowest BCUT2D eigenvalue weighted by Crippen LogP contribution is -2.14. The first-order valence-electron chi connectivity index (χ1n) is 9.96. The Bertz CT molecular complexity index is 1230. The highest BCUT2D eigenvalue weighted by atomic mass is 19.1. The Balaban J connectivity index is 1.50. The fourth-order valence-electron chi connectivity index (χ4n) is 3.60. The minimum atomic E-state index is -0.261. The van der Waals surface area contributed by atoms with Gasteiger partial charge in [-0.2, -0.15) is 0 Å². The number of hydrogen-bond acceptors (Lipinski definition) is 2. The number of para-hydroxylation sites is 1. The molecule has 2 amide bonds. The standard InChI is InChI=1S/C25H22FN3O2/c1-17(30)27-21-10-12-22(13-11-21)28-25(31)14-19-16-29(24-5-3-2-4-23(19)24)15-18-6-8-20(26)9-7-18/h2-13,16H,14-15H2,1H3,(H,27,30)(H,28,31). The van der Waals surface area contributed by atoms with Gasteiger partial charge >= 0.3 is 0 Å². The van der Waals surface area contributed by atoms with E-state index in [0.717, 1.165) is 22.0 Å². The quantitative estimate of drug-likeness (QED) is 0.467. The summed E-state index contributed by atoms with van der Waals surface area (Å²) in [6.45, 7) is 2.04. The van der Waals surface area contributed by atoms with Crippen molar-refractivity contribution in [2.75, 3.05) is 10.6 Å². The van der Waals surface area contributed by atoms with Gasteiger partial charge in [0.1, 0.15) is 5.82 Å². The first-order chi connectivity index (χ1) is 15.0. The second kappa shape index (κ2) is 8.83. The van der Waals surface area contributed by atoms with Crippen molar-refractivity contribution in [2.45, 2.75) is 19.9 Å². The molecule has 2 N–H and O–H groups in total. The van der Waals surface area contributed by atoms with Crippen molar-refractivity contribution in [1.29, 1.82) is 0 Å². The molecule has 0 radical (unpaired) electrons. The fourth-order valence-corrected chi connectivity index (χ4v) is 3.60. The molecule has 0 fully saturated rings. The SMILES string of the molecule is CC(=O)Nc1ccc(NC(=O)Cc2cn(Cc3ccc(F)cc3)c3ccccc23)cc1. The van der Waals surface area contributed by atoms with E-state index in [0.29, 0.717) is 17.9 Å². The Morgan fingerprint density at radius 3 is 2.19 bits per heavy atom. The molecule has 0 saturated heterocycles. The molecular weight excluding hydrogens is 393 g/mol. The molecule has 0 unspecified atom stereocenters. The molecule has 156 valence electrons. The van der Waals surface area contributed by atoms with Crippen LogP contribution in [0.1, 0.15) is 18.1 Å². The Hall–Kier alpha value is -3.93. The molecule has 5 nitrogen and oxygen atoms in total. The molecular formula is C25H22FN3O2. The van der Waals surface area contributed by atoms with Crippen molar-refractivity contribution >= 4 is 34.1 Å². The van der Waals surface area contributed by atoms with Gasteiger partial charge in [0, 0.05) is 41.9 Å². The van der Waals surface area contributed by atoms with E-state index in [1.54, 1.807) is 36.4 Å². The largest absolute Gasteiger partial charge is 0.343 e. The van der Waals surface area contributed by atoms with Gasteiger partial charge in [0.25, 0.3) is 0 Å². The van der Waals surface area contributed by atoms with Gasteiger partial charge in [0.05, 0.1) is 6.42 Å². The maximum Gasteiger partial charge on any atom is 0.228 e. The minimum absolute atomic E-state index is 0.128. The number of carbonyl (C=O) groups excluding carboxylic acids is 2. The third kappa shape index (κ3) is 4.98. The van der Waals surface area contributed by atoms with Crippen molar-refractivity contribution in [1.82, 2.24) is 4.57 Å². The number of anilines is 2. The van der Waals surface area contributed by atoms with Crippen LogP contribution in [0.25, 0.3) is 10.9 Å². The second-order valence-electron chi connectivity index (χ2n) is 7.41. The molecule has 0 aliphatic heterocycles. The molecule has 0 aliphatic rings. The normalized spacial score (nSPS) is 10.8. The van der Waals surface area contributed by atoms with Crippen LogP contribution in [0.2, 0.25) is 0 Å². The summed E-state index contributed by atoms with van der Waals surface area (Å²) in [6, 6.07) is 21.3. The van der Waals surface area contributed by atoms with Crippen LogP contribution < -0.4 is 10.6 Å². The van der Waals surface area contributed by atoms with Crippen molar-refractivity contribution < 1.29 is 14.0 Å². The maximum absolute atomic E-state index is 13.2. The Morgan fingerprint density at radius 2 is 1.52 bits per heavy atom. The first kappa shape index (κ1) is 20.3. The average molecular weight is 415 g/mol. The van der Waals surface area contributed by atoms with Crippen LogP contribution in [0.15, 0.2) is 79.0 Å². The lowest BCUT2D eigenvalue weighted by molar-refractivity contribution is -0.116. The van der Waals surface area contributed by atoms with E-state index in [4.69, 9.17) is 0 Å². The van der Waals surface area contributed by atoms with Gasteiger partial charge in [-0.1, -0.05) is 30.3 Å². The number of nitrogens with zero attached hydrogens (tertiary/aromatic N) is 1. The van der Waals surface area contributed by atoms with E-state index >= 15 is 0 Å². The van der Waals surface area contributed by atoms with Crippen LogP contribution in [0.4, 0.5) is 15.8 Å². The third-order valence-electron chi connectivity index (χ3n) is 4.98. The zero-order chi connectivity index (χ0) is 21.8. The molecule has 0 saturated carbocycles. The van der Waals surface area contributed by atoms with E-state index in [2.05, 4.69) is 15.2 Å². The van der Waals surface area contributed by atoms with Crippen molar-refractivity contribution in [2.24, 2.45) is 0 Å². The first-order valence-corrected chi connectivity index (χ1v) is 9.96. The highest BCUT2D eigenvalue weighted by Crippen LogP contribution is 2.24. The zero-order valence-corrected chi connectivity index (χ0v) is 17.1. The Labute approximate surface area is 179 Å². The molecule has 0 spiro atoms. The average Bonchev–Trinajstić information content (AvgIpc) is 3.08.